The molecule has 0 spiro atoms. The Labute approximate surface area is 408 Å². The second-order valence-corrected chi connectivity index (χ2v) is 16.1. The zero-order valence-electron chi connectivity index (χ0n) is 35.3. The van der Waals surface area contributed by atoms with E-state index in [1.165, 1.54) is 0 Å². The maximum atomic E-state index is 15.5. The first-order chi connectivity index (χ1) is 34.5. The molecular weight excluding hydrogens is 1250 g/mol. The molecule has 0 saturated heterocycles. The highest BCUT2D eigenvalue weighted by Crippen LogP contribution is 2.67. The van der Waals surface area contributed by atoms with Crippen LogP contribution in [0.25, 0.3) is 0 Å². The van der Waals surface area contributed by atoms with Gasteiger partial charge in [0.25, 0.3) is 0 Å². The molecule has 0 bridgehead atoms. The van der Waals surface area contributed by atoms with Crippen molar-refractivity contribution in [1.82, 2.24) is 0 Å². The van der Waals surface area contributed by atoms with E-state index < -0.39 is 186 Å². The van der Waals surface area contributed by atoms with Crippen molar-refractivity contribution in [3.05, 3.63) is 89.5 Å². The molecule has 0 N–H and O–H groups in total. The van der Waals surface area contributed by atoms with E-state index in [0.717, 1.165) is 0 Å². The molecule has 3 aromatic rings. The molecule has 0 heterocycles. The van der Waals surface area contributed by atoms with Gasteiger partial charge in [0.1, 0.15) is 17.2 Å². The Morgan fingerprint density at radius 1 is 0.203 bits per heavy atom. The molecule has 3 rings (SSSR count). The molecule has 0 saturated carbocycles. The number of para-hydroxylation sites is 3. The lowest BCUT2D eigenvalue weighted by atomic mass is 9.90. The zero-order valence-corrected chi connectivity index (χ0v) is 36.2. The molecule has 0 radical (unpaired) electrons. The minimum Gasteiger partial charge on any atom is -0.408 e. The van der Waals surface area contributed by atoms with E-state index in [4.69, 9.17) is 0 Å². The molecule has 3 nitrogen and oxygen atoms in total. The predicted molar refractivity (Wildman–Crippen MR) is 177 cm³/mol. The maximum Gasteiger partial charge on any atom is 0.530 e. The monoisotopic (exact) mass is 1260 g/mol. The first-order valence-corrected chi connectivity index (χ1v) is 19.6. The number of halogens is 39. The van der Waals surface area contributed by atoms with Gasteiger partial charge in [0.05, 0.1) is 16.7 Å². The largest absolute Gasteiger partial charge is 0.530 e. The fourth-order valence-electron chi connectivity index (χ4n) is 5.53. The first-order valence-electron chi connectivity index (χ1n) is 18.5. The summed E-state index contributed by atoms with van der Waals surface area (Å²) in [4.78, 5) is 0. The quantitative estimate of drug-likeness (QED) is 0.0786. The molecule has 452 valence electrons. The molecule has 0 fully saturated rings. The van der Waals surface area contributed by atoms with E-state index in [9.17, 15) is 145 Å². The highest BCUT2D eigenvalue weighted by atomic mass is 31.2. The number of rotatable bonds is 21. The average molecular weight is 1260 g/mol. The molecule has 43 heteroatoms. The van der Waals surface area contributed by atoms with Crippen LogP contribution in [0.2, 0.25) is 0 Å². The molecule has 0 atom stereocenters. The van der Waals surface area contributed by atoms with Crippen molar-refractivity contribution in [3.8, 4) is 17.2 Å². The molecule has 79 heavy (non-hydrogen) atoms. The van der Waals surface area contributed by atoms with Crippen LogP contribution >= 0.6 is 8.60 Å². The van der Waals surface area contributed by atoms with Crippen LogP contribution < -0.4 is 13.6 Å². The van der Waals surface area contributed by atoms with Gasteiger partial charge in [-0.1, -0.05) is 36.4 Å². The minimum absolute atomic E-state index is 0.103. The van der Waals surface area contributed by atoms with Crippen LogP contribution in [0, 0.1) is 0 Å². The smallest absolute Gasteiger partial charge is 0.408 e. The summed E-state index contributed by atoms with van der Waals surface area (Å²) in [5.41, 5.74) is -10.5. The third kappa shape index (κ3) is 9.80. The lowest BCUT2D eigenvalue weighted by Crippen LogP contribution is -2.69. The fraction of sp³-hybridized carbons (Fsp3) is 0.500. The summed E-state index contributed by atoms with van der Waals surface area (Å²) in [6.07, 6.45) is -24.2. The summed E-state index contributed by atoms with van der Waals surface area (Å²) in [6.45, 7) is 0. The Bertz CT molecular complexity index is 2360. The van der Waals surface area contributed by atoms with Gasteiger partial charge in [-0.25, -0.2) is 0 Å². The number of benzene rings is 3. The highest BCUT2D eigenvalue weighted by Gasteiger charge is 2.94. The van der Waals surface area contributed by atoms with Crippen LogP contribution in [0.1, 0.15) is 16.7 Å². The Morgan fingerprint density at radius 2 is 0.354 bits per heavy atom. The minimum atomic E-state index is -8.80. The summed E-state index contributed by atoms with van der Waals surface area (Å²) < 4.78 is 562. The first kappa shape index (κ1) is 68.0. The second kappa shape index (κ2) is 19.5. The average Bonchev–Trinajstić information content (AvgIpc) is 3.27. The highest BCUT2D eigenvalue weighted by molar-refractivity contribution is 7.43. The number of hydrogen-bond donors (Lipinski definition) is 0. The molecule has 0 aliphatic carbocycles. The van der Waals surface area contributed by atoms with Crippen molar-refractivity contribution in [3.63, 3.8) is 0 Å². The van der Waals surface area contributed by atoms with E-state index in [1.54, 1.807) is 0 Å². The standard InChI is InChI=1S/C36H12F39O3P/c37-19(38,22(43,44)25(49,50)28(55,56)31(61,62)34(67,68)69)13-7-1-4-10-16(13)76-79(77-17-11-5-2-8-14(17)20(39,40)23(45,46)26(51,52)29(57,58)32(63,64)35(70,71)72)78-18-12-6-3-9-15(18)21(41,42)24(47,48)27(53,54)30(59,60)33(65,66)36(73,74)75/h1-12H. The van der Waals surface area contributed by atoms with Gasteiger partial charge in [0.2, 0.25) is 0 Å². The Hall–Kier alpha value is -5.24. The van der Waals surface area contributed by atoms with Gasteiger partial charge in [-0.3, -0.25) is 0 Å². The van der Waals surface area contributed by atoms with Gasteiger partial charge in [-0.05, 0) is 36.4 Å². The summed E-state index contributed by atoms with van der Waals surface area (Å²) >= 11 is 0. The van der Waals surface area contributed by atoms with E-state index in [0.29, 0.717) is 0 Å². The van der Waals surface area contributed by atoms with Crippen LogP contribution in [-0.4, -0.2) is 89.6 Å². The molecule has 0 unspecified atom stereocenters. The number of hydrogen-bond acceptors (Lipinski definition) is 3. The predicted octanol–water partition coefficient (Wildman–Crippen LogP) is 18.0. The maximum absolute atomic E-state index is 15.5. The van der Waals surface area contributed by atoms with Gasteiger partial charge >= 0.3 is 116 Å². The second-order valence-electron chi connectivity index (χ2n) is 15.1. The molecule has 0 amide bonds. The van der Waals surface area contributed by atoms with Crippen molar-refractivity contribution >= 4 is 8.60 Å². The van der Waals surface area contributed by atoms with Crippen LogP contribution in [0.3, 0.4) is 0 Å². The molecule has 3 aromatic carbocycles. The van der Waals surface area contributed by atoms with Gasteiger partial charge in [-0.2, -0.15) is 171 Å². The normalized spacial score (nSPS) is 15.6. The van der Waals surface area contributed by atoms with E-state index in [2.05, 4.69) is 13.6 Å². The summed E-state index contributed by atoms with van der Waals surface area (Å²) in [5.74, 6) is -135. The van der Waals surface area contributed by atoms with Crippen molar-refractivity contribution < 1.29 is 185 Å². The van der Waals surface area contributed by atoms with E-state index in [-0.39, 0.29) is 36.4 Å². The van der Waals surface area contributed by atoms with Gasteiger partial charge in [-0.15, -0.1) is 0 Å². The molecule has 0 aliphatic rings. The Kier molecular flexibility index (Phi) is 16.8. The van der Waals surface area contributed by atoms with E-state index >= 15 is 26.3 Å². The van der Waals surface area contributed by atoms with Crippen molar-refractivity contribution in [2.45, 2.75) is 107 Å². The van der Waals surface area contributed by atoms with Gasteiger partial charge < -0.3 is 13.6 Å². The molecule has 0 aromatic heterocycles. The van der Waals surface area contributed by atoms with Gasteiger partial charge in [0, 0.05) is 0 Å². The third-order valence-electron chi connectivity index (χ3n) is 9.99. The van der Waals surface area contributed by atoms with E-state index in [1.807, 2.05) is 0 Å². The zero-order chi connectivity index (χ0) is 62.6. The fourth-order valence-corrected chi connectivity index (χ4v) is 6.60. The Balaban J connectivity index is 2.49. The van der Waals surface area contributed by atoms with Crippen LogP contribution in [0.4, 0.5) is 171 Å². The summed E-state index contributed by atoms with van der Waals surface area (Å²) in [5, 5.41) is 0. The SMILES string of the molecule is FC(F)(F)C(F)(F)C(F)(F)C(F)(F)C(F)(F)C(F)(F)c1ccccc1OP(Oc1ccccc1C(F)(F)C(F)(F)C(F)(F)C(F)(F)C(F)(F)C(F)(F)F)Oc1ccccc1C(F)(F)C(F)(F)C(F)(F)C(F)(F)C(F)(F)C(F)(F)F. The van der Waals surface area contributed by atoms with Crippen LogP contribution in [0.15, 0.2) is 72.8 Å². The van der Waals surface area contributed by atoms with Crippen molar-refractivity contribution in [1.29, 1.82) is 0 Å². The molecule has 0 aliphatic heterocycles. The number of alkyl halides is 39. The van der Waals surface area contributed by atoms with Gasteiger partial charge in [0.15, 0.2) is 0 Å². The van der Waals surface area contributed by atoms with Crippen LogP contribution in [0.5, 0.6) is 17.2 Å². The Morgan fingerprint density at radius 3 is 0.519 bits per heavy atom. The molecular formula is C36H12F39O3P. The lowest BCUT2D eigenvalue weighted by molar-refractivity contribution is -0.441. The van der Waals surface area contributed by atoms with Crippen LogP contribution in [-0.2, 0) is 17.8 Å². The van der Waals surface area contributed by atoms with Crippen molar-refractivity contribution in [2.24, 2.45) is 0 Å². The van der Waals surface area contributed by atoms with Crippen molar-refractivity contribution in [2.75, 3.05) is 0 Å². The summed E-state index contributed by atoms with van der Waals surface area (Å²) in [6, 6.07) is -5.98. The topological polar surface area (TPSA) is 27.7 Å². The lowest BCUT2D eigenvalue weighted by Gasteiger charge is -2.40. The summed E-state index contributed by atoms with van der Waals surface area (Å²) in [7, 11) is -5.69. The third-order valence-corrected chi connectivity index (χ3v) is 11.0.